The van der Waals surface area contributed by atoms with Crippen LogP contribution in [0.4, 0.5) is 22.7 Å². The fraction of sp³-hybridized carbons (Fsp3) is 0.200. The molecule has 0 aromatic heterocycles. The van der Waals surface area contributed by atoms with E-state index in [9.17, 15) is 0 Å². The second-order valence-corrected chi connectivity index (χ2v) is 5.12. The lowest BCUT2D eigenvalue weighted by Gasteiger charge is -2.30. The Morgan fingerprint density at radius 3 is 1.32 bits per heavy atom. The van der Waals surface area contributed by atoms with Gasteiger partial charge in [0.05, 0.1) is 0 Å². The minimum atomic E-state index is -0.285. The van der Waals surface area contributed by atoms with Crippen molar-refractivity contribution in [2.24, 2.45) is 0 Å². The van der Waals surface area contributed by atoms with Crippen LogP contribution in [0.1, 0.15) is 13.8 Å². The molecule has 0 aliphatic heterocycles. The van der Waals surface area contributed by atoms with Crippen LogP contribution in [-0.4, -0.2) is 5.66 Å². The summed E-state index contributed by atoms with van der Waals surface area (Å²) in [6.07, 6.45) is 0. The van der Waals surface area contributed by atoms with Gasteiger partial charge >= 0.3 is 0 Å². The van der Waals surface area contributed by atoms with Crippen molar-refractivity contribution in [3.63, 3.8) is 0 Å². The van der Waals surface area contributed by atoms with Gasteiger partial charge in [0.15, 0.2) is 0 Å². The average molecular weight is 256 g/mol. The molecule has 2 rings (SSSR count). The zero-order valence-corrected chi connectivity index (χ0v) is 11.3. The van der Waals surface area contributed by atoms with Crippen LogP contribution < -0.4 is 22.1 Å². The quantitative estimate of drug-likeness (QED) is 0.501. The van der Waals surface area contributed by atoms with Crippen LogP contribution in [-0.2, 0) is 0 Å². The van der Waals surface area contributed by atoms with E-state index < -0.39 is 0 Å². The van der Waals surface area contributed by atoms with Crippen molar-refractivity contribution >= 4 is 22.7 Å². The smallest absolute Gasteiger partial charge is 0.102 e. The molecule has 2 aromatic carbocycles. The Bertz CT molecular complexity index is 480. The van der Waals surface area contributed by atoms with E-state index >= 15 is 0 Å². The van der Waals surface area contributed by atoms with E-state index in [0.29, 0.717) is 0 Å². The lowest BCUT2D eigenvalue weighted by Crippen LogP contribution is -2.39. The largest absolute Gasteiger partial charge is 0.399 e. The molecule has 19 heavy (non-hydrogen) atoms. The van der Waals surface area contributed by atoms with Crippen LogP contribution in [0.2, 0.25) is 0 Å². The number of rotatable bonds is 4. The summed E-state index contributed by atoms with van der Waals surface area (Å²) in [5.74, 6) is 0. The van der Waals surface area contributed by atoms with Crippen LogP contribution in [0, 0.1) is 0 Å². The maximum Gasteiger partial charge on any atom is 0.102 e. The minimum Gasteiger partial charge on any atom is -0.399 e. The van der Waals surface area contributed by atoms with Crippen molar-refractivity contribution < 1.29 is 0 Å². The first-order chi connectivity index (χ1) is 8.94. The van der Waals surface area contributed by atoms with E-state index in [1.165, 1.54) is 0 Å². The maximum absolute atomic E-state index is 5.67. The standard InChI is InChI=1S/C15H20N4/c1-15(2,18-13-7-3-11(16)4-8-13)19-14-9-5-12(17)6-10-14/h3-10,18-19H,16-17H2,1-2H3. The summed E-state index contributed by atoms with van der Waals surface area (Å²) in [4.78, 5) is 0. The maximum atomic E-state index is 5.67. The highest BCUT2D eigenvalue weighted by Gasteiger charge is 2.16. The predicted molar refractivity (Wildman–Crippen MR) is 83.0 cm³/mol. The number of nitrogen functional groups attached to an aromatic ring is 2. The van der Waals surface area contributed by atoms with Crippen LogP contribution in [0.15, 0.2) is 48.5 Å². The van der Waals surface area contributed by atoms with Crippen molar-refractivity contribution in [3.8, 4) is 0 Å². The second kappa shape index (κ2) is 5.10. The summed E-state index contributed by atoms with van der Waals surface area (Å²) in [6, 6.07) is 15.3. The number of hydrogen-bond acceptors (Lipinski definition) is 4. The van der Waals surface area contributed by atoms with Crippen molar-refractivity contribution in [3.05, 3.63) is 48.5 Å². The van der Waals surface area contributed by atoms with Gasteiger partial charge in [-0.1, -0.05) is 0 Å². The van der Waals surface area contributed by atoms with Crippen molar-refractivity contribution in [1.29, 1.82) is 0 Å². The molecule has 0 amide bonds. The summed E-state index contributed by atoms with van der Waals surface area (Å²) < 4.78 is 0. The van der Waals surface area contributed by atoms with E-state index in [2.05, 4.69) is 24.5 Å². The fourth-order valence-corrected chi connectivity index (χ4v) is 1.89. The van der Waals surface area contributed by atoms with E-state index in [4.69, 9.17) is 11.5 Å². The molecule has 100 valence electrons. The van der Waals surface area contributed by atoms with Crippen LogP contribution in [0.25, 0.3) is 0 Å². The highest BCUT2D eigenvalue weighted by atomic mass is 15.2. The van der Waals surface area contributed by atoms with Gasteiger partial charge in [-0.25, -0.2) is 0 Å². The Kier molecular flexibility index (Phi) is 3.51. The molecule has 0 unspecified atom stereocenters. The molecule has 0 fully saturated rings. The molecule has 4 nitrogen and oxygen atoms in total. The summed E-state index contributed by atoms with van der Waals surface area (Å²) in [5.41, 5.74) is 14.6. The van der Waals surface area contributed by atoms with Crippen LogP contribution >= 0.6 is 0 Å². The van der Waals surface area contributed by atoms with Crippen molar-refractivity contribution in [2.75, 3.05) is 22.1 Å². The molecular formula is C15H20N4. The molecule has 6 N–H and O–H groups in total. The summed E-state index contributed by atoms with van der Waals surface area (Å²) in [7, 11) is 0. The van der Waals surface area contributed by atoms with Gasteiger partial charge < -0.3 is 22.1 Å². The molecule has 0 bridgehead atoms. The SMILES string of the molecule is CC(C)(Nc1ccc(N)cc1)Nc1ccc(N)cc1. The van der Waals surface area contributed by atoms with Gasteiger partial charge in [0.2, 0.25) is 0 Å². The first-order valence-corrected chi connectivity index (χ1v) is 6.22. The lowest BCUT2D eigenvalue weighted by molar-refractivity contribution is 0.652. The zero-order valence-electron chi connectivity index (χ0n) is 11.3. The number of nitrogens with two attached hydrogens (primary N) is 2. The topological polar surface area (TPSA) is 76.1 Å². The van der Waals surface area contributed by atoms with Gasteiger partial charge in [-0.05, 0) is 62.4 Å². The summed E-state index contributed by atoms with van der Waals surface area (Å²) >= 11 is 0. The van der Waals surface area contributed by atoms with E-state index in [1.807, 2.05) is 48.5 Å². The van der Waals surface area contributed by atoms with Gasteiger partial charge in [-0.2, -0.15) is 0 Å². The highest BCUT2D eigenvalue weighted by Crippen LogP contribution is 2.20. The number of anilines is 4. The molecule has 0 heterocycles. The van der Waals surface area contributed by atoms with Gasteiger partial charge in [-0.15, -0.1) is 0 Å². The lowest BCUT2D eigenvalue weighted by atomic mass is 10.2. The van der Waals surface area contributed by atoms with Crippen molar-refractivity contribution in [1.82, 2.24) is 0 Å². The molecule has 0 saturated carbocycles. The molecule has 0 saturated heterocycles. The number of nitrogens with one attached hydrogen (secondary N) is 2. The predicted octanol–water partition coefficient (Wildman–Crippen LogP) is 3.11. The number of benzene rings is 2. The Labute approximate surface area is 113 Å². The van der Waals surface area contributed by atoms with Crippen molar-refractivity contribution in [2.45, 2.75) is 19.5 Å². The first-order valence-electron chi connectivity index (χ1n) is 6.22. The molecule has 2 aromatic rings. The second-order valence-electron chi connectivity index (χ2n) is 5.12. The van der Waals surface area contributed by atoms with Gasteiger partial charge in [0, 0.05) is 22.7 Å². The zero-order chi connectivity index (χ0) is 13.9. The Hall–Kier alpha value is -2.36. The van der Waals surface area contributed by atoms with E-state index in [-0.39, 0.29) is 5.66 Å². The van der Waals surface area contributed by atoms with Gasteiger partial charge in [0.25, 0.3) is 0 Å². The Morgan fingerprint density at radius 1 is 0.684 bits per heavy atom. The summed E-state index contributed by atoms with van der Waals surface area (Å²) in [5, 5.41) is 6.82. The monoisotopic (exact) mass is 256 g/mol. The molecule has 0 radical (unpaired) electrons. The molecule has 0 aliphatic rings. The average Bonchev–Trinajstić information content (AvgIpc) is 2.34. The van der Waals surface area contributed by atoms with E-state index in [0.717, 1.165) is 22.7 Å². The van der Waals surface area contributed by atoms with Crippen LogP contribution in [0.3, 0.4) is 0 Å². The van der Waals surface area contributed by atoms with Crippen LogP contribution in [0.5, 0.6) is 0 Å². The number of hydrogen-bond donors (Lipinski definition) is 4. The van der Waals surface area contributed by atoms with E-state index in [1.54, 1.807) is 0 Å². The summed E-state index contributed by atoms with van der Waals surface area (Å²) in [6.45, 7) is 4.14. The molecule has 0 aliphatic carbocycles. The highest BCUT2D eigenvalue weighted by molar-refractivity contribution is 5.56. The molecule has 0 atom stereocenters. The minimum absolute atomic E-state index is 0.285. The molecule has 4 heteroatoms. The third kappa shape index (κ3) is 3.81. The Balaban J connectivity index is 2.05. The van der Waals surface area contributed by atoms with Gasteiger partial charge in [-0.3, -0.25) is 0 Å². The normalized spacial score (nSPS) is 11.1. The Morgan fingerprint density at radius 2 is 1.00 bits per heavy atom. The molecular weight excluding hydrogens is 236 g/mol. The first kappa shape index (κ1) is 13.1. The third-order valence-corrected chi connectivity index (χ3v) is 2.74. The third-order valence-electron chi connectivity index (χ3n) is 2.74. The van der Waals surface area contributed by atoms with Gasteiger partial charge in [0.1, 0.15) is 5.66 Å². The fourth-order valence-electron chi connectivity index (χ4n) is 1.89. The molecule has 0 spiro atoms.